The number of aromatic nitrogens is 3. The number of nitrogens with one attached hydrogen (secondary N) is 1. The van der Waals surface area contributed by atoms with E-state index >= 15 is 0 Å². The van der Waals surface area contributed by atoms with Gasteiger partial charge in [0.2, 0.25) is 0 Å². The Morgan fingerprint density at radius 1 is 1.39 bits per heavy atom. The molecule has 5 nitrogen and oxygen atoms in total. The SMILES string of the molecule is CCCNC1CCC(OCc2ncnn2C)CC1. The third-order valence-electron chi connectivity index (χ3n) is 3.61. The van der Waals surface area contributed by atoms with Gasteiger partial charge in [0.1, 0.15) is 12.9 Å². The van der Waals surface area contributed by atoms with Crippen molar-refractivity contribution in [1.29, 1.82) is 0 Å². The molecule has 1 heterocycles. The number of ether oxygens (including phenoxy) is 1. The first-order valence-electron chi connectivity index (χ1n) is 6.97. The first-order valence-corrected chi connectivity index (χ1v) is 6.97. The predicted octanol–water partition coefficient (Wildman–Crippen LogP) is 1.64. The van der Waals surface area contributed by atoms with Gasteiger partial charge < -0.3 is 10.1 Å². The average Bonchev–Trinajstić information content (AvgIpc) is 2.81. The summed E-state index contributed by atoms with van der Waals surface area (Å²) in [5, 5.41) is 7.63. The highest BCUT2D eigenvalue weighted by molar-refractivity contribution is 4.82. The van der Waals surface area contributed by atoms with E-state index in [0.717, 1.165) is 25.2 Å². The summed E-state index contributed by atoms with van der Waals surface area (Å²) in [6.07, 6.45) is 7.93. The standard InChI is InChI=1S/C13H24N4O/c1-3-8-14-11-4-6-12(7-5-11)18-9-13-15-10-16-17(13)2/h10-12,14H,3-9H2,1-2H3. The van der Waals surface area contributed by atoms with E-state index in [4.69, 9.17) is 4.74 Å². The van der Waals surface area contributed by atoms with Gasteiger partial charge in [-0.05, 0) is 38.6 Å². The number of aryl methyl sites for hydroxylation is 1. The fraction of sp³-hybridized carbons (Fsp3) is 0.846. The van der Waals surface area contributed by atoms with Crippen LogP contribution in [0.1, 0.15) is 44.9 Å². The van der Waals surface area contributed by atoms with E-state index in [0.29, 0.717) is 18.8 Å². The molecule has 102 valence electrons. The van der Waals surface area contributed by atoms with Gasteiger partial charge in [-0.3, -0.25) is 4.68 Å². The monoisotopic (exact) mass is 252 g/mol. The van der Waals surface area contributed by atoms with Crippen LogP contribution in [0.25, 0.3) is 0 Å². The van der Waals surface area contributed by atoms with Crippen molar-refractivity contribution in [3.8, 4) is 0 Å². The Balaban J connectivity index is 1.66. The van der Waals surface area contributed by atoms with E-state index < -0.39 is 0 Å². The van der Waals surface area contributed by atoms with Crippen molar-refractivity contribution < 1.29 is 4.74 Å². The zero-order valence-corrected chi connectivity index (χ0v) is 11.4. The van der Waals surface area contributed by atoms with Gasteiger partial charge in [0.25, 0.3) is 0 Å². The van der Waals surface area contributed by atoms with Crippen molar-refractivity contribution in [2.24, 2.45) is 7.05 Å². The second-order valence-electron chi connectivity index (χ2n) is 5.04. The van der Waals surface area contributed by atoms with Crippen LogP contribution in [0, 0.1) is 0 Å². The predicted molar refractivity (Wildman–Crippen MR) is 70.1 cm³/mol. The molecule has 0 spiro atoms. The Hall–Kier alpha value is -0.940. The molecule has 1 aromatic heterocycles. The van der Waals surface area contributed by atoms with Gasteiger partial charge in [-0.15, -0.1) is 0 Å². The lowest BCUT2D eigenvalue weighted by Gasteiger charge is -2.29. The van der Waals surface area contributed by atoms with Crippen LogP contribution in [0.4, 0.5) is 0 Å². The van der Waals surface area contributed by atoms with Crippen molar-refractivity contribution in [2.75, 3.05) is 6.54 Å². The Morgan fingerprint density at radius 3 is 2.78 bits per heavy atom. The van der Waals surface area contributed by atoms with Crippen molar-refractivity contribution in [3.63, 3.8) is 0 Å². The quantitative estimate of drug-likeness (QED) is 0.836. The van der Waals surface area contributed by atoms with E-state index in [1.165, 1.54) is 19.3 Å². The summed E-state index contributed by atoms with van der Waals surface area (Å²) in [5.74, 6) is 0.904. The lowest BCUT2D eigenvalue weighted by Crippen LogP contribution is -2.35. The van der Waals surface area contributed by atoms with Gasteiger partial charge in [-0.25, -0.2) is 4.98 Å². The molecule has 0 bridgehead atoms. The molecule has 1 aliphatic rings. The van der Waals surface area contributed by atoms with Gasteiger partial charge in [0.05, 0.1) is 6.10 Å². The molecule has 1 fully saturated rings. The summed E-state index contributed by atoms with van der Waals surface area (Å²) in [6, 6.07) is 0.694. The van der Waals surface area contributed by atoms with Gasteiger partial charge in [-0.1, -0.05) is 6.92 Å². The van der Waals surface area contributed by atoms with Crippen LogP contribution in [0.15, 0.2) is 6.33 Å². The molecule has 1 saturated carbocycles. The van der Waals surface area contributed by atoms with Crippen LogP contribution in [0.3, 0.4) is 0 Å². The molecule has 0 atom stereocenters. The minimum absolute atomic E-state index is 0.390. The Morgan fingerprint density at radius 2 is 2.17 bits per heavy atom. The fourth-order valence-electron chi connectivity index (χ4n) is 2.43. The second-order valence-corrected chi connectivity index (χ2v) is 5.04. The van der Waals surface area contributed by atoms with Gasteiger partial charge in [-0.2, -0.15) is 5.10 Å². The third-order valence-corrected chi connectivity index (χ3v) is 3.61. The maximum Gasteiger partial charge on any atom is 0.152 e. The smallest absolute Gasteiger partial charge is 0.152 e. The lowest BCUT2D eigenvalue weighted by molar-refractivity contribution is 0.00696. The number of nitrogens with zero attached hydrogens (tertiary/aromatic N) is 3. The molecule has 0 aromatic carbocycles. The minimum Gasteiger partial charge on any atom is -0.370 e. The summed E-state index contributed by atoms with van der Waals surface area (Å²) in [7, 11) is 1.90. The first-order chi connectivity index (χ1) is 8.79. The highest BCUT2D eigenvalue weighted by Gasteiger charge is 2.21. The van der Waals surface area contributed by atoms with E-state index in [2.05, 4.69) is 22.3 Å². The molecular weight excluding hydrogens is 228 g/mol. The Labute approximate surface area is 109 Å². The summed E-state index contributed by atoms with van der Waals surface area (Å²) >= 11 is 0. The third kappa shape index (κ3) is 3.78. The summed E-state index contributed by atoms with van der Waals surface area (Å²) in [6.45, 7) is 3.92. The van der Waals surface area contributed by atoms with Crippen LogP contribution < -0.4 is 5.32 Å². The topological polar surface area (TPSA) is 52.0 Å². The van der Waals surface area contributed by atoms with E-state index in [1.54, 1.807) is 11.0 Å². The number of hydrogen-bond donors (Lipinski definition) is 1. The number of hydrogen-bond acceptors (Lipinski definition) is 4. The van der Waals surface area contributed by atoms with E-state index in [9.17, 15) is 0 Å². The first kappa shape index (κ1) is 13.5. The fourth-order valence-corrected chi connectivity index (χ4v) is 2.43. The lowest BCUT2D eigenvalue weighted by atomic mass is 9.93. The molecule has 0 saturated heterocycles. The van der Waals surface area contributed by atoms with Crippen LogP contribution in [0.5, 0.6) is 0 Å². The summed E-state index contributed by atoms with van der Waals surface area (Å²) in [4.78, 5) is 4.17. The largest absolute Gasteiger partial charge is 0.370 e. The van der Waals surface area contributed by atoms with Gasteiger partial charge >= 0.3 is 0 Å². The zero-order chi connectivity index (χ0) is 12.8. The Kier molecular flexibility index (Phi) is 5.13. The molecule has 2 rings (SSSR count). The van der Waals surface area contributed by atoms with Crippen LogP contribution in [-0.4, -0.2) is 33.5 Å². The molecule has 1 aromatic rings. The summed E-state index contributed by atoms with van der Waals surface area (Å²) in [5.41, 5.74) is 0. The Bertz CT molecular complexity index is 345. The van der Waals surface area contributed by atoms with Crippen molar-refractivity contribution in [3.05, 3.63) is 12.2 Å². The molecule has 0 radical (unpaired) electrons. The van der Waals surface area contributed by atoms with Crippen LogP contribution in [-0.2, 0) is 18.4 Å². The molecule has 0 aliphatic heterocycles. The van der Waals surface area contributed by atoms with Crippen molar-refractivity contribution >= 4 is 0 Å². The van der Waals surface area contributed by atoms with E-state index in [1.807, 2.05) is 7.05 Å². The van der Waals surface area contributed by atoms with Gasteiger partial charge in [0.15, 0.2) is 5.82 Å². The van der Waals surface area contributed by atoms with Crippen molar-refractivity contribution in [2.45, 2.75) is 57.8 Å². The molecule has 18 heavy (non-hydrogen) atoms. The maximum absolute atomic E-state index is 5.91. The molecule has 0 amide bonds. The van der Waals surface area contributed by atoms with Crippen molar-refractivity contribution in [1.82, 2.24) is 20.1 Å². The molecule has 0 unspecified atom stereocenters. The normalized spacial score (nSPS) is 24.3. The minimum atomic E-state index is 0.390. The highest BCUT2D eigenvalue weighted by atomic mass is 16.5. The molecule has 5 heteroatoms. The average molecular weight is 252 g/mol. The molecular formula is C13H24N4O. The highest BCUT2D eigenvalue weighted by Crippen LogP contribution is 2.21. The second kappa shape index (κ2) is 6.85. The van der Waals surface area contributed by atoms with E-state index in [-0.39, 0.29) is 0 Å². The maximum atomic E-state index is 5.91. The molecule has 1 aliphatic carbocycles. The van der Waals surface area contributed by atoms with Gasteiger partial charge in [0, 0.05) is 13.1 Å². The van der Waals surface area contributed by atoms with Crippen LogP contribution in [0.2, 0.25) is 0 Å². The number of rotatable bonds is 6. The van der Waals surface area contributed by atoms with Crippen LogP contribution >= 0.6 is 0 Å². The molecule has 1 N–H and O–H groups in total. The zero-order valence-electron chi connectivity index (χ0n) is 11.4. The summed E-state index contributed by atoms with van der Waals surface area (Å²) < 4.78 is 7.68.